The minimum Gasteiger partial charge on any atom is -0.333 e. The highest BCUT2D eigenvalue weighted by atomic mass is 35.5. The zero-order valence-corrected chi connectivity index (χ0v) is 17.4. The lowest BCUT2D eigenvalue weighted by Gasteiger charge is -2.39. The first-order chi connectivity index (χ1) is 14.0. The molecule has 0 radical (unpaired) electrons. The first-order valence-corrected chi connectivity index (χ1v) is 10.4. The molecule has 1 saturated heterocycles. The maximum atomic E-state index is 13.4. The fourth-order valence-corrected chi connectivity index (χ4v) is 4.37. The Balaban J connectivity index is 1.83. The highest BCUT2D eigenvalue weighted by Crippen LogP contribution is 2.25. The van der Waals surface area contributed by atoms with Crippen LogP contribution < -0.4 is 5.56 Å². The van der Waals surface area contributed by atoms with Gasteiger partial charge in [0.2, 0.25) is 0 Å². The summed E-state index contributed by atoms with van der Waals surface area (Å²) in [6, 6.07) is 13.0. The Hall–Kier alpha value is -2.66. The molecule has 1 fully saturated rings. The van der Waals surface area contributed by atoms with Gasteiger partial charge in [-0.15, -0.1) is 0 Å². The van der Waals surface area contributed by atoms with Crippen LogP contribution in [0.4, 0.5) is 0 Å². The molecule has 1 aliphatic rings. The summed E-state index contributed by atoms with van der Waals surface area (Å²) in [6.07, 6.45) is 4.69. The van der Waals surface area contributed by atoms with Gasteiger partial charge in [0.1, 0.15) is 11.2 Å². The number of hydrogen-bond acceptors (Lipinski definition) is 3. The van der Waals surface area contributed by atoms with E-state index in [1.807, 2.05) is 29.2 Å². The molecule has 0 saturated carbocycles. The van der Waals surface area contributed by atoms with Crippen LogP contribution in [0.2, 0.25) is 5.02 Å². The van der Waals surface area contributed by atoms with Crippen molar-refractivity contribution in [2.24, 2.45) is 0 Å². The molecule has 3 aromatic rings. The van der Waals surface area contributed by atoms with Crippen LogP contribution in [-0.4, -0.2) is 32.4 Å². The fourth-order valence-electron chi connectivity index (χ4n) is 4.24. The molecule has 1 aromatic carbocycles. The average molecular weight is 410 g/mol. The number of benzene rings is 1. The molecule has 1 aliphatic heterocycles. The molecule has 0 aliphatic carbocycles. The first-order valence-electron chi connectivity index (χ1n) is 10.0. The van der Waals surface area contributed by atoms with Crippen molar-refractivity contribution in [2.75, 3.05) is 0 Å². The van der Waals surface area contributed by atoms with Crippen molar-refractivity contribution in [1.82, 2.24) is 14.5 Å². The lowest BCUT2D eigenvalue weighted by molar-refractivity contribution is 0.0508. The van der Waals surface area contributed by atoms with Gasteiger partial charge in [0, 0.05) is 28.7 Å². The topological polar surface area (TPSA) is 55.2 Å². The van der Waals surface area contributed by atoms with Crippen LogP contribution in [0.15, 0.2) is 53.5 Å². The summed E-state index contributed by atoms with van der Waals surface area (Å²) in [5, 5.41) is 1.42. The van der Waals surface area contributed by atoms with Gasteiger partial charge in [0.15, 0.2) is 0 Å². The minimum atomic E-state index is -0.305. The van der Waals surface area contributed by atoms with Crippen LogP contribution in [-0.2, 0) is 6.54 Å². The number of piperidine rings is 1. The van der Waals surface area contributed by atoms with Gasteiger partial charge in [-0.05, 0) is 69.0 Å². The van der Waals surface area contributed by atoms with Crippen LogP contribution in [0.5, 0.6) is 0 Å². The van der Waals surface area contributed by atoms with Crippen molar-refractivity contribution in [3.05, 3.63) is 75.2 Å². The monoisotopic (exact) mass is 409 g/mol. The zero-order valence-electron chi connectivity index (χ0n) is 16.6. The maximum Gasteiger partial charge on any atom is 0.265 e. The summed E-state index contributed by atoms with van der Waals surface area (Å²) in [5.74, 6) is -0.190. The fraction of sp³-hybridized carbons (Fsp3) is 0.348. The minimum absolute atomic E-state index is 0.125. The van der Waals surface area contributed by atoms with Crippen molar-refractivity contribution in [3.63, 3.8) is 0 Å². The second-order valence-corrected chi connectivity index (χ2v) is 8.27. The van der Waals surface area contributed by atoms with Crippen molar-refractivity contribution in [2.45, 2.75) is 51.7 Å². The summed E-state index contributed by atoms with van der Waals surface area (Å²) in [5.41, 5.74) is 1.40. The molecule has 3 heterocycles. The molecular weight excluding hydrogens is 386 g/mol. The molecule has 0 unspecified atom stereocenters. The number of fused-ring (bicyclic) bond motifs is 1. The van der Waals surface area contributed by atoms with E-state index in [1.54, 1.807) is 29.0 Å². The first kappa shape index (κ1) is 19.6. The van der Waals surface area contributed by atoms with Gasteiger partial charge in [0.05, 0.1) is 6.54 Å². The Morgan fingerprint density at radius 3 is 2.52 bits per heavy atom. The molecule has 6 heteroatoms. The number of carbonyl (C=O) groups excluding carboxylic acids is 1. The lowest BCUT2D eigenvalue weighted by atomic mass is 9.96. The van der Waals surface area contributed by atoms with Gasteiger partial charge in [0.25, 0.3) is 11.5 Å². The van der Waals surface area contributed by atoms with Crippen LogP contribution in [0, 0.1) is 0 Å². The van der Waals surface area contributed by atoms with Crippen molar-refractivity contribution >= 4 is 28.5 Å². The number of likely N-dealkylation sites (tertiary alicyclic amines) is 1. The van der Waals surface area contributed by atoms with Crippen LogP contribution in [0.3, 0.4) is 0 Å². The number of rotatable bonds is 3. The van der Waals surface area contributed by atoms with Crippen LogP contribution in [0.25, 0.3) is 11.0 Å². The predicted molar refractivity (Wildman–Crippen MR) is 116 cm³/mol. The highest BCUT2D eigenvalue weighted by Gasteiger charge is 2.31. The van der Waals surface area contributed by atoms with Crippen LogP contribution >= 0.6 is 11.6 Å². The second kappa shape index (κ2) is 7.99. The highest BCUT2D eigenvalue weighted by molar-refractivity contribution is 6.30. The van der Waals surface area contributed by atoms with E-state index in [0.29, 0.717) is 17.2 Å². The second-order valence-electron chi connectivity index (χ2n) is 7.83. The molecular formula is C23H24ClN3O2. The Kier molecular flexibility index (Phi) is 5.41. The third-order valence-electron chi connectivity index (χ3n) is 5.76. The third kappa shape index (κ3) is 3.79. The van der Waals surface area contributed by atoms with Gasteiger partial charge < -0.3 is 4.90 Å². The molecule has 4 rings (SSSR count). The van der Waals surface area contributed by atoms with Crippen molar-refractivity contribution < 1.29 is 4.79 Å². The van der Waals surface area contributed by atoms with Crippen LogP contribution in [0.1, 0.15) is 49.0 Å². The average Bonchev–Trinajstić information content (AvgIpc) is 2.71. The molecule has 29 heavy (non-hydrogen) atoms. The number of pyridine rings is 2. The van der Waals surface area contributed by atoms with Gasteiger partial charge >= 0.3 is 0 Å². The number of carbonyl (C=O) groups is 1. The van der Waals surface area contributed by atoms with E-state index in [1.165, 1.54) is 0 Å². The van der Waals surface area contributed by atoms with E-state index < -0.39 is 0 Å². The van der Waals surface area contributed by atoms with E-state index >= 15 is 0 Å². The molecule has 2 aromatic heterocycles. The summed E-state index contributed by atoms with van der Waals surface area (Å²) in [4.78, 5) is 33.1. The Morgan fingerprint density at radius 2 is 1.83 bits per heavy atom. The third-order valence-corrected chi connectivity index (χ3v) is 6.01. The largest absolute Gasteiger partial charge is 0.333 e. The van der Waals surface area contributed by atoms with Crippen molar-refractivity contribution in [1.29, 1.82) is 0 Å². The molecule has 1 amide bonds. The van der Waals surface area contributed by atoms with E-state index in [2.05, 4.69) is 18.8 Å². The molecule has 5 nitrogen and oxygen atoms in total. The molecule has 0 bridgehead atoms. The molecule has 150 valence electrons. The Bertz CT molecular complexity index is 1100. The van der Waals surface area contributed by atoms with Gasteiger partial charge in [-0.2, -0.15) is 0 Å². The van der Waals surface area contributed by atoms with E-state index in [-0.39, 0.29) is 29.1 Å². The Morgan fingerprint density at radius 1 is 1.14 bits per heavy atom. The lowest BCUT2D eigenvalue weighted by Crippen LogP contribution is -2.49. The van der Waals surface area contributed by atoms with E-state index in [4.69, 9.17) is 11.6 Å². The smallest absolute Gasteiger partial charge is 0.265 e. The normalized spacial score (nSPS) is 19.5. The number of aromatic nitrogens is 2. The maximum absolute atomic E-state index is 13.4. The zero-order chi connectivity index (χ0) is 20.5. The summed E-state index contributed by atoms with van der Waals surface area (Å²) < 4.78 is 1.59. The quantitative estimate of drug-likeness (QED) is 0.639. The Labute approximate surface area is 174 Å². The van der Waals surface area contributed by atoms with Gasteiger partial charge in [-0.25, -0.2) is 4.98 Å². The van der Waals surface area contributed by atoms with E-state index in [0.717, 1.165) is 30.2 Å². The standard InChI is InChI=1S/C23H24ClN3O2/c1-15-5-3-6-16(2)27(15)23(29)20-13-18-7-4-12-25-21(18)26(22(20)28)14-17-8-10-19(24)11-9-17/h4,7-13,15-16H,3,5-6,14H2,1-2H3/t15-,16-/m0/s1. The molecule has 2 atom stereocenters. The van der Waals surface area contributed by atoms with Gasteiger partial charge in [-0.3, -0.25) is 14.2 Å². The van der Waals surface area contributed by atoms with Crippen molar-refractivity contribution in [3.8, 4) is 0 Å². The predicted octanol–water partition coefficient (Wildman–Crippen LogP) is 4.50. The summed E-state index contributed by atoms with van der Waals surface area (Å²) >= 11 is 5.99. The number of halogens is 1. The SMILES string of the molecule is C[C@H]1CCC[C@H](C)N1C(=O)c1cc2cccnc2n(Cc2ccc(Cl)cc2)c1=O. The molecule has 0 N–H and O–H groups in total. The summed E-state index contributed by atoms with van der Waals surface area (Å²) in [6.45, 7) is 4.44. The number of hydrogen-bond donors (Lipinski definition) is 0. The summed E-state index contributed by atoms with van der Waals surface area (Å²) in [7, 11) is 0. The van der Waals surface area contributed by atoms with E-state index in [9.17, 15) is 9.59 Å². The molecule has 0 spiro atoms. The number of nitrogens with zero attached hydrogens (tertiary/aromatic N) is 3. The number of amides is 1. The van der Waals surface area contributed by atoms with Gasteiger partial charge in [-0.1, -0.05) is 23.7 Å².